The normalized spacial score (nSPS) is 13.9. The van der Waals surface area contributed by atoms with Crippen molar-refractivity contribution in [1.29, 1.82) is 5.41 Å². The van der Waals surface area contributed by atoms with Crippen molar-refractivity contribution in [2.75, 3.05) is 11.9 Å². The minimum atomic E-state index is -4.74. The molecule has 2 atom stereocenters. The van der Waals surface area contributed by atoms with E-state index < -0.39 is 35.5 Å². The van der Waals surface area contributed by atoms with Crippen molar-refractivity contribution in [1.82, 2.24) is 10.3 Å². The van der Waals surface area contributed by atoms with E-state index in [1.807, 2.05) is 5.32 Å². The number of carboxylic acids is 1. The van der Waals surface area contributed by atoms with Gasteiger partial charge in [-0.25, -0.2) is 9.78 Å². The lowest BCUT2D eigenvalue weighted by atomic mass is 9.84. The fourth-order valence-electron chi connectivity index (χ4n) is 2.68. The molecule has 0 bridgehead atoms. The van der Waals surface area contributed by atoms with Crippen LogP contribution in [-0.2, 0) is 4.79 Å². The van der Waals surface area contributed by atoms with E-state index in [9.17, 15) is 27.9 Å². The molecule has 0 aromatic carbocycles. The number of aryl methyl sites for hydroxylation is 1. The minimum absolute atomic E-state index is 0.000881. The number of allylic oxidation sites excluding steroid dienone is 1. The molecule has 158 valence electrons. The van der Waals surface area contributed by atoms with Crippen molar-refractivity contribution in [2.24, 2.45) is 11.8 Å². The number of carbonyl (C=O) groups excluding carboxylic acids is 1. The van der Waals surface area contributed by atoms with Gasteiger partial charge in [0.15, 0.2) is 0 Å². The quantitative estimate of drug-likeness (QED) is 0.366. The molecule has 29 heavy (non-hydrogen) atoms. The van der Waals surface area contributed by atoms with Gasteiger partial charge in [-0.15, -0.1) is 0 Å². The summed E-state index contributed by atoms with van der Waals surface area (Å²) in [6.45, 7) is 7.33. The lowest BCUT2D eigenvalue weighted by Gasteiger charge is -2.27. The van der Waals surface area contributed by atoms with Crippen LogP contribution in [0.4, 0.5) is 19.0 Å². The van der Waals surface area contributed by atoms with Gasteiger partial charge in [0.05, 0.1) is 5.57 Å². The van der Waals surface area contributed by atoms with Crippen molar-refractivity contribution in [2.45, 2.75) is 26.9 Å². The minimum Gasteiger partial charge on any atom is -0.478 e. The molecule has 0 radical (unpaired) electrons. The average Bonchev–Trinajstić information content (AvgIpc) is 2.61. The van der Waals surface area contributed by atoms with Gasteiger partial charge in [-0.1, -0.05) is 13.5 Å². The topological polar surface area (TPSA) is 115 Å². The Balaban J connectivity index is 3.15. The first-order valence-corrected chi connectivity index (χ1v) is 8.57. The SMILES string of the molecule is C=CC(=O)N/C=C(\C(C)C(CNc1ncc(C)cc1C(=O)O)C(C)=N)C(F)(F)F. The Morgan fingerprint density at radius 1 is 1.41 bits per heavy atom. The first kappa shape index (κ1) is 23.9. The van der Waals surface area contributed by atoms with Crippen molar-refractivity contribution >= 4 is 23.4 Å². The zero-order valence-electron chi connectivity index (χ0n) is 16.2. The molecule has 2 unspecified atom stereocenters. The highest BCUT2D eigenvalue weighted by atomic mass is 19.4. The van der Waals surface area contributed by atoms with Gasteiger partial charge < -0.3 is 21.1 Å². The molecule has 0 aliphatic carbocycles. The van der Waals surface area contributed by atoms with Crippen LogP contribution >= 0.6 is 0 Å². The first-order valence-electron chi connectivity index (χ1n) is 8.57. The molecule has 4 N–H and O–H groups in total. The standard InChI is InChI=1S/C19H23F3N4O3/c1-5-16(27)24-9-15(19(20,21)22)11(3)14(12(4)23)8-26-17-13(18(28)29)6-10(2)7-25-17/h5-7,9,11,14,23H,1,8H2,2-4H3,(H,24,27)(H,25,26)(H,28,29)/b15-9+,23-12?. The van der Waals surface area contributed by atoms with Crippen LogP contribution in [-0.4, -0.2) is 40.4 Å². The maximum atomic E-state index is 13.5. The van der Waals surface area contributed by atoms with E-state index in [-0.39, 0.29) is 23.6 Å². The predicted octanol–water partition coefficient (Wildman–Crippen LogP) is 3.54. The van der Waals surface area contributed by atoms with Crippen molar-refractivity contribution in [3.8, 4) is 0 Å². The van der Waals surface area contributed by atoms with Crippen LogP contribution in [0.1, 0.15) is 29.8 Å². The molecule has 0 aliphatic heterocycles. The number of carbonyl (C=O) groups is 2. The molecule has 1 heterocycles. The summed E-state index contributed by atoms with van der Waals surface area (Å²) >= 11 is 0. The number of anilines is 1. The molecule has 1 rings (SSSR count). The molecular weight excluding hydrogens is 389 g/mol. The molecule has 0 spiro atoms. The molecule has 1 aromatic heterocycles. The van der Waals surface area contributed by atoms with E-state index in [4.69, 9.17) is 5.41 Å². The van der Waals surface area contributed by atoms with Gasteiger partial charge in [-0.2, -0.15) is 13.2 Å². The number of halogens is 3. The Bertz CT molecular complexity index is 834. The number of hydrogen-bond acceptors (Lipinski definition) is 5. The number of carboxylic acid groups (broad SMARTS) is 1. The number of hydrogen-bond donors (Lipinski definition) is 4. The van der Waals surface area contributed by atoms with Gasteiger partial charge in [0.1, 0.15) is 11.4 Å². The number of amides is 1. The second-order valence-electron chi connectivity index (χ2n) is 6.48. The zero-order valence-corrected chi connectivity index (χ0v) is 16.2. The van der Waals surface area contributed by atoms with Crippen LogP contribution < -0.4 is 10.6 Å². The van der Waals surface area contributed by atoms with E-state index in [0.717, 1.165) is 6.08 Å². The van der Waals surface area contributed by atoms with Crippen LogP contribution in [0.25, 0.3) is 0 Å². The molecule has 1 aromatic rings. The summed E-state index contributed by atoms with van der Waals surface area (Å²) in [7, 11) is 0. The Kier molecular flexibility index (Phi) is 8.11. The van der Waals surface area contributed by atoms with Crippen LogP contribution in [0.2, 0.25) is 0 Å². The van der Waals surface area contributed by atoms with Gasteiger partial charge in [0.2, 0.25) is 5.91 Å². The second-order valence-corrected chi connectivity index (χ2v) is 6.48. The van der Waals surface area contributed by atoms with E-state index in [0.29, 0.717) is 11.8 Å². The molecule has 0 saturated heterocycles. The summed E-state index contributed by atoms with van der Waals surface area (Å²) in [5, 5.41) is 21.9. The lowest BCUT2D eigenvalue weighted by molar-refractivity contribution is -0.115. The number of alkyl halides is 3. The first-order chi connectivity index (χ1) is 13.4. The Labute approximate surface area is 166 Å². The van der Waals surface area contributed by atoms with Crippen LogP contribution in [0.5, 0.6) is 0 Å². The number of rotatable bonds is 9. The molecule has 0 fully saturated rings. The lowest BCUT2D eigenvalue weighted by Crippen LogP contribution is -2.34. The van der Waals surface area contributed by atoms with E-state index in [2.05, 4.69) is 16.9 Å². The Morgan fingerprint density at radius 3 is 2.52 bits per heavy atom. The highest BCUT2D eigenvalue weighted by Crippen LogP contribution is 2.35. The molecule has 7 nitrogen and oxygen atoms in total. The molecule has 10 heteroatoms. The molecule has 0 aliphatic rings. The summed E-state index contributed by atoms with van der Waals surface area (Å²) in [6.07, 6.45) is -1.91. The van der Waals surface area contributed by atoms with Gasteiger partial charge in [0, 0.05) is 30.6 Å². The van der Waals surface area contributed by atoms with E-state index in [1.165, 1.54) is 26.1 Å². The van der Waals surface area contributed by atoms with E-state index >= 15 is 0 Å². The van der Waals surface area contributed by atoms with Crippen molar-refractivity contribution < 1.29 is 27.9 Å². The fourth-order valence-corrected chi connectivity index (χ4v) is 2.68. The predicted molar refractivity (Wildman–Crippen MR) is 103 cm³/mol. The number of nitrogens with one attached hydrogen (secondary N) is 3. The average molecular weight is 412 g/mol. The van der Waals surface area contributed by atoms with E-state index in [1.54, 1.807) is 6.92 Å². The molecule has 1 amide bonds. The third-order valence-electron chi connectivity index (χ3n) is 4.28. The third-order valence-corrected chi connectivity index (χ3v) is 4.28. The van der Waals surface area contributed by atoms with Crippen LogP contribution in [0.15, 0.2) is 36.7 Å². The number of aromatic nitrogens is 1. The summed E-state index contributed by atoms with van der Waals surface area (Å²) < 4.78 is 40.5. The Morgan fingerprint density at radius 2 is 2.03 bits per heavy atom. The fraction of sp³-hybridized carbons (Fsp3) is 0.368. The summed E-state index contributed by atoms with van der Waals surface area (Å²) in [4.78, 5) is 26.6. The van der Waals surface area contributed by atoms with Crippen molar-refractivity contribution in [3.05, 3.63) is 47.8 Å². The van der Waals surface area contributed by atoms with Crippen LogP contribution in [0.3, 0.4) is 0 Å². The monoisotopic (exact) mass is 412 g/mol. The van der Waals surface area contributed by atoms with Gasteiger partial charge in [-0.05, 0) is 37.5 Å². The molecule has 0 saturated carbocycles. The van der Waals surface area contributed by atoms with Gasteiger partial charge in [-0.3, -0.25) is 4.79 Å². The highest BCUT2D eigenvalue weighted by Gasteiger charge is 2.40. The Hall–Kier alpha value is -3.17. The maximum Gasteiger partial charge on any atom is 0.414 e. The number of pyridine rings is 1. The summed E-state index contributed by atoms with van der Waals surface area (Å²) in [6, 6.07) is 1.39. The summed E-state index contributed by atoms with van der Waals surface area (Å²) in [5.74, 6) is -4.17. The van der Waals surface area contributed by atoms with Crippen molar-refractivity contribution in [3.63, 3.8) is 0 Å². The van der Waals surface area contributed by atoms with Crippen LogP contribution in [0, 0.1) is 24.2 Å². The second kappa shape index (κ2) is 9.85. The van der Waals surface area contributed by atoms with Gasteiger partial charge >= 0.3 is 12.1 Å². The number of nitrogens with zero attached hydrogens (tertiary/aromatic N) is 1. The maximum absolute atomic E-state index is 13.5. The largest absolute Gasteiger partial charge is 0.478 e. The smallest absolute Gasteiger partial charge is 0.414 e. The third kappa shape index (κ3) is 6.74. The molecular formula is C19H23F3N4O3. The highest BCUT2D eigenvalue weighted by molar-refractivity contribution is 5.93. The zero-order chi connectivity index (χ0) is 22.4. The number of aromatic carboxylic acids is 1. The van der Waals surface area contributed by atoms with Gasteiger partial charge in [0.25, 0.3) is 0 Å². The summed E-state index contributed by atoms with van der Waals surface area (Å²) in [5.41, 5.74) is -0.578.